The van der Waals surface area contributed by atoms with Crippen molar-refractivity contribution in [2.45, 2.75) is 77.9 Å². The fourth-order valence-corrected chi connectivity index (χ4v) is 9.87. The van der Waals surface area contributed by atoms with Gasteiger partial charge in [0.25, 0.3) is 5.91 Å². The van der Waals surface area contributed by atoms with E-state index in [1.54, 1.807) is 13.8 Å². The second-order valence-electron chi connectivity index (χ2n) is 6.38. The Bertz CT molecular complexity index is 409. The zero-order chi connectivity index (χ0) is 17.6. The summed E-state index contributed by atoms with van der Waals surface area (Å²) in [5, 5.41) is 0. The van der Waals surface area contributed by atoms with Crippen LogP contribution in [-0.4, -0.2) is 27.2 Å². The van der Waals surface area contributed by atoms with Crippen molar-refractivity contribution in [3.8, 4) is 11.5 Å². The molecule has 0 radical (unpaired) electrons. The Balaban J connectivity index is 5.67. The summed E-state index contributed by atoms with van der Waals surface area (Å²) in [7, 11) is -5.85. The summed E-state index contributed by atoms with van der Waals surface area (Å²) in [5.74, 6) is 0.731. The van der Waals surface area contributed by atoms with Gasteiger partial charge in [-0.15, -0.1) is 5.54 Å². The van der Waals surface area contributed by atoms with Gasteiger partial charge in [0.15, 0.2) is 0 Å². The molecule has 0 spiro atoms. The maximum absolute atomic E-state index is 14.5. The molecule has 0 bridgehead atoms. The number of halogens is 1. The molecule has 0 aliphatic rings. The number of hydrogen-bond donors (Lipinski definition) is 0. The van der Waals surface area contributed by atoms with E-state index in [-0.39, 0.29) is 13.2 Å². The molecule has 0 unspecified atom stereocenters. The second-order valence-corrected chi connectivity index (χ2v) is 14.0. The van der Waals surface area contributed by atoms with E-state index in [4.69, 9.17) is 9.05 Å². The Morgan fingerprint density at radius 3 is 1.59 bits per heavy atom. The third kappa shape index (κ3) is 4.93. The van der Waals surface area contributed by atoms with E-state index < -0.39 is 21.6 Å². The van der Waals surface area contributed by atoms with Crippen molar-refractivity contribution in [2.75, 3.05) is 13.2 Å². The van der Waals surface area contributed by atoms with Crippen molar-refractivity contribution >= 4 is 15.7 Å². The van der Waals surface area contributed by atoms with Gasteiger partial charge >= 0.3 is 7.60 Å². The summed E-state index contributed by atoms with van der Waals surface area (Å²) < 4.78 is 37.0. The summed E-state index contributed by atoms with van der Waals surface area (Å²) in [6.45, 7) is 16.5. The SMILES string of the molecule is CCOP(=O)(OCC)[C@@H](F)C#C[Si](C(C)C)(C(C)C)C(C)C. The summed E-state index contributed by atoms with van der Waals surface area (Å²) in [5.41, 5.74) is 4.42. The molecule has 0 heterocycles. The van der Waals surface area contributed by atoms with Gasteiger partial charge in [-0.25, -0.2) is 4.39 Å². The molecule has 0 rings (SSSR count). The Morgan fingerprint density at radius 2 is 1.32 bits per heavy atom. The molecule has 0 amide bonds. The molecule has 1 atom stereocenters. The minimum absolute atomic E-state index is 0.139. The molecule has 0 N–H and O–H groups in total. The average molecular weight is 350 g/mol. The average Bonchev–Trinajstić information content (AvgIpc) is 2.38. The van der Waals surface area contributed by atoms with Gasteiger partial charge in [0.2, 0.25) is 0 Å². The Kier molecular flexibility index (Phi) is 9.17. The highest BCUT2D eigenvalue weighted by molar-refractivity contribution is 7.54. The predicted octanol–water partition coefficient (Wildman–Crippen LogP) is 5.77. The molecule has 3 nitrogen and oxygen atoms in total. The first-order valence-electron chi connectivity index (χ1n) is 8.13. The lowest BCUT2D eigenvalue weighted by Gasteiger charge is -2.38. The van der Waals surface area contributed by atoms with E-state index in [0.29, 0.717) is 16.6 Å². The largest absolute Gasteiger partial charge is 0.376 e. The quantitative estimate of drug-likeness (QED) is 0.317. The van der Waals surface area contributed by atoms with Gasteiger partial charge in [0.05, 0.1) is 13.2 Å². The fourth-order valence-electron chi connectivity index (χ4n) is 3.22. The first kappa shape index (κ1) is 21.9. The van der Waals surface area contributed by atoms with Gasteiger partial charge in [-0.1, -0.05) is 47.5 Å². The first-order chi connectivity index (χ1) is 10.1. The van der Waals surface area contributed by atoms with Crippen LogP contribution in [-0.2, 0) is 13.6 Å². The lowest BCUT2D eigenvalue weighted by molar-refractivity contribution is 0.200. The summed E-state index contributed by atoms with van der Waals surface area (Å²) in [4.78, 5) is 0. The first-order valence-corrected chi connectivity index (χ1v) is 12.0. The molecule has 0 saturated carbocycles. The van der Waals surface area contributed by atoms with Crippen LogP contribution in [0.1, 0.15) is 55.4 Å². The number of hydrogen-bond acceptors (Lipinski definition) is 3. The van der Waals surface area contributed by atoms with Gasteiger partial charge < -0.3 is 9.05 Å². The summed E-state index contributed by atoms with van der Waals surface area (Å²) >= 11 is 0. The van der Waals surface area contributed by atoms with E-state index in [1.807, 2.05) is 0 Å². The smallest absolute Gasteiger partial charge is 0.306 e. The van der Waals surface area contributed by atoms with Crippen LogP contribution in [0.3, 0.4) is 0 Å². The van der Waals surface area contributed by atoms with E-state index in [9.17, 15) is 8.96 Å². The Morgan fingerprint density at radius 1 is 0.955 bits per heavy atom. The Hall–Kier alpha value is -0.143. The molecular weight excluding hydrogens is 318 g/mol. The second kappa shape index (κ2) is 9.23. The van der Waals surface area contributed by atoms with Crippen LogP contribution < -0.4 is 0 Å². The monoisotopic (exact) mass is 350 g/mol. The number of alkyl halides is 1. The van der Waals surface area contributed by atoms with Crippen LogP contribution in [0.2, 0.25) is 16.6 Å². The van der Waals surface area contributed by atoms with Crippen LogP contribution in [0, 0.1) is 11.5 Å². The van der Waals surface area contributed by atoms with Gasteiger partial charge in [-0.05, 0) is 30.5 Å². The highest BCUT2D eigenvalue weighted by Gasteiger charge is 2.43. The summed E-state index contributed by atoms with van der Waals surface area (Å²) in [6, 6.07) is 0. The predicted molar refractivity (Wildman–Crippen MR) is 94.6 cm³/mol. The highest BCUT2D eigenvalue weighted by Crippen LogP contribution is 2.53. The Labute approximate surface area is 136 Å². The van der Waals surface area contributed by atoms with Crippen LogP contribution in [0.4, 0.5) is 4.39 Å². The minimum Gasteiger partial charge on any atom is -0.306 e. The van der Waals surface area contributed by atoms with Crippen molar-refractivity contribution < 1.29 is 18.0 Å². The zero-order valence-corrected chi connectivity index (χ0v) is 17.2. The number of rotatable bonds is 8. The van der Waals surface area contributed by atoms with Gasteiger partial charge in [-0.2, -0.15) is 0 Å². The normalized spacial score (nSPS) is 14.4. The van der Waals surface area contributed by atoms with E-state index in [0.717, 1.165) is 0 Å². The van der Waals surface area contributed by atoms with E-state index in [1.165, 1.54) is 0 Å². The highest BCUT2D eigenvalue weighted by atomic mass is 31.2. The van der Waals surface area contributed by atoms with Crippen LogP contribution in [0.25, 0.3) is 0 Å². The zero-order valence-electron chi connectivity index (χ0n) is 15.3. The molecule has 6 heteroatoms. The molecule has 0 aromatic rings. The van der Waals surface area contributed by atoms with Crippen LogP contribution >= 0.6 is 7.60 Å². The van der Waals surface area contributed by atoms with Crippen LogP contribution in [0.5, 0.6) is 0 Å². The molecule has 0 aliphatic carbocycles. The van der Waals surface area contributed by atoms with Crippen molar-refractivity contribution in [1.29, 1.82) is 0 Å². The molecule has 0 saturated heterocycles. The molecule has 130 valence electrons. The maximum atomic E-state index is 14.5. The molecule has 22 heavy (non-hydrogen) atoms. The minimum atomic E-state index is -3.81. The maximum Gasteiger partial charge on any atom is 0.376 e. The lowest BCUT2D eigenvalue weighted by atomic mass is 10.5. The van der Waals surface area contributed by atoms with Crippen molar-refractivity contribution in [2.24, 2.45) is 0 Å². The van der Waals surface area contributed by atoms with Gasteiger partial charge in [-0.3, -0.25) is 4.57 Å². The van der Waals surface area contributed by atoms with Crippen molar-refractivity contribution in [3.63, 3.8) is 0 Å². The van der Waals surface area contributed by atoms with E-state index in [2.05, 4.69) is 53.0 Å². The topological polar surface area (TPSA) is 35.5 Å². The lowest BCUT2D eigenvalue weighted by Crippen LogP contribution is -2.43. The molecular formula is C16H32FO3PSi. The third-order valence-electron chi connectivity index (χ3n) is 4.17. The van der Waals surface area contributed by atoms with Crippen LogP contribution in [0.15, 0.2) is 0 Å². The molecule has 0 aromatic carbocycles. The molecule has 0 aliphatic heterocycles. The standard InChI is InChI=1S/C16H32FO3PSi/c1-9-19-21(18,20-10-2)16(17)11-12-22(13(3)4,14(5)6)15(7)8/h13-16H,9-10H2,1-8H3/t16-/m1/s1. The summed E-state index contributed by atoms with van der Waals surface area (Å²) in [6.07, 6.45) is 0. The van der Waals surface area contributed by atoms with E-state index >= 15 is 0 Å². The molecule has 0 aromatic heterocycles. The van der Waals surface area contributed by atoms with Gasteiger partial charge in [0, 0.05) is 0 Å². The van der Waals surface area contributed by atoms with Crippen molar-refractivity contribution in [3.05, 3.63) is 0 Å². The molecule has 0 fully saturated rings. The fraction of sp³-hybridized carbons (Fsp3) is 0.875. The van der Waals surface area contributed by atoms with Gasteiger partial charge in [0.1, 0.15) is 8.07 Å². The van der Waals surface area contributed by atoms with Crippen molar-refractivity contribution in [1.82, 2.24) is 0 Å². The third-order valence-corrected chi connectivity index (χ3v) is 12.4.